The molecule has 0 saturated heterocycles. The molecule has 2 aromatic rings. The van der Waals surface area contributed by atoms with E-state index >= 15 is 0 Å². The summed E-state index contributed by atoms with van der Waals surface area (Å²) >= 11 is 5.78. The van der Waals surface area contributed by atoms with Crippen LogP contribution in [0.2, 0.25) is 5.02 Å². The van der Waals surface area contributed by atoms with Crippen molar-refractivity contribution in [1.29, 1.82) is 0 Å². The third kappa shape index (κ3) is 2.53. The van der Waals surface area contributed by atoms with E-state index in [1.165, 1.54) is 0 Å². The Balaban J connectivity index is 2.11. The molecule has 1 heterocycles. The number of nitrogens with one attached hydrogen (secondary N) is 1. The molecule has 0 fully saturated rings. The van der Waals surface area contributed by atoms with Crippen LogP contribution in [-0.4, -0.2) is 4.98 Å². The van der Waals surface area contributed by atoms with Gasteiger partial charge in [-0.15, -0.1) is 0 Å². The second kappa shape index (κ2) is 4.55. The van der Waals surface area contributed by atoms with Crippen LogP contribution in [0.3, 0.4) is 0 Å². The second-order valence-electron chi connectivity index (χ2n) is 3.50. The minimum atomic E-state index is -0.135. The Labute approximate surface area is 98.4 Å². The molecular weight excluding hydrogens is 226 g/mol. The first-order chi connectivity index (χ1) is 7.65. The number of anilines is 2. The number of hydrogen-bond acceptors (Lipinski definition) is 4. The monoisotopic (exact) mass is 237 g/mol. The smallest absolute Gasteiger partial charge is 0.299 e. The van der Waals surface area contributed by atoms with E-state index < -0.39 is 0 Å². The van der Waals surface area contributed by atoms with Crippen LogP contribution in [0.1, 0.15) is 18.7 Å². The van der Waals surface area contributed by atoms with Gasteiger partial charge in [0.2, 0.25) is 0 Å². The van der Waals surface area contributed by atoms with Crippen LogP contribution < -0.4 is 11.1 Å². The first-order valence-corrected chi connectivity index (χ1v) is 5.26. The fraction of sp³-hybridized carbons (Fsp3) is 0.182. The number of nitrogens with zero attached hydrogens (tertiary/aromatic N) is 1. The molecule has 0 aliphatic carbocycles. The maximum atomic E-state index is 5.78. The van der Waals surface area contributed by atoms with Gasteiger partial charge in [-0.2, -0.15) is 4.98 Å². The van der Waals surface area contributed by atoms with Crippen LogP contribution in [0, 0.1) is 0 Å². The van der Waals surface area contributed by atoms with E-state index in [4.69, 9.17) is 21.8 Å². The Kier molecular flexibility index (Phi) is 3.12. The number of hydrogen-bond donors (Lipinski definition) is 2. The van der Waals surface area contributed by atoms with Crippen LogP contribution in [-0.2, 0) is 0 Å². The van der Waals surface area contributed by atoms with Crippen molar-refractivity contribution in [3.05, 3.63) is 41.2 Å². The van der Waals surface area contributed by atoms with Gasteiger partial charge in [-0.05, 0) is 31.2 Å². The molecule has 0 spiro atoms. The summed E-state index contributed by atoms with van der Waals surface area (Å²) in [4.78, 5) is 4.19. The zero-order valence-corrected chi connectivity index (χ0v) is 9.53. The van der Waals surface area contributed by atoms with E-state index in [-0.39, 0.29) is 6.04 Å². The van der Waals surface area contributed by atoms with Gasteiger partial charge in [0.25, 0.3) is 6.01 Å². The van der Waals surface area contributed by atoms with Crippen molar-refractivity contribution >= 4 is 23.3 Å². The van der Waals surface area contributed by atoms with Crippen LogP contribution in [0.15, 0.2) is 34.9 Å². The minimum absolute atomic E-state index is 0.135. The molecule has 0 bridgehead atoms. The third-order valence-corrected chi connectivity index (χ3v) is 2.34. The highest BCUT2D eigenvalue weighted by Gasteiger charge is 2.07. The average molecular weight is 238 g/mol. The lowest BCUT2D eigenvalue weighted by atomic mass is 10.3. The van der Waals surface area contributed by atoms with Crippen molar-refractivity contribution in [2.75, 3.05) is 5.32 Å². The molecule has 0 aliphatic rings. The fourth-order valence-electron chi connectivity index (χ4n) is 1.21. The Bertz CT molecular complexity index is 464. The summed E-state index contributed by atoms with van der Waals surface area (Å²) in [5, 5.41) is 3.70. The average Bonchev–Trinajstić information content (AvgIpc) is 2.70. The zero-order valence-electron chi connectivity index (χ0n) is 8.77. The van der Waals surface area contributed by atoms with Crippen LogP contribution in [0.25, 0.3) is 0 Å². The molecule has 0 saturated carbocycles. The molecule has 16 heavy (non-hydrogen) atoms. The molecule has 1 aromatic heterocycles. The number of halogens is 1. The van der Waals surface area contributed by atoms with Crippen LogP contribution in [0.4, 0.5) is 11.7 Å². The molecule has 0 amide bonds. The quantitative estimate of drug-likeness (QED) is 0.861. The molecule has 1 aromatic carbocycles. The fourth-order valence-corrected chi connectivity index (χ4v) is 1.34. The molecular formula is C11H12ClN3O. The summed E-state index contributed by atoms with van der Waals surface area (Å²) < 4.78 is 5.22. The lowest BCUT2D eigenvalue weighted by Gasteiger charge is -2.01. The van der Waals surface area contributed by atoms with E-state index in [1.54, 1.807) is 18.4 Å². The molecule has 1 unspecified atom stereocenters. The number of oxazole rings is 1. The van der Waals surface area contributed by atoms with Gasteiger partial charge >= 0.3 is 0 Å². The van der Waals surface area contributed by atoms with Crippen LogP contribution in [0.5, 0.6) is 0 Å². The van der Waals surface area contributed by atoms with Gasteiger partial charge in [-0.25, -0.2) is 0 Å². The minimum Gasteiger partial charge on any atom is -0.432 e. The lowest BCUT2D eigenvalue weighted by molar-refractivity contribution is 0.573. The van der Waals surface area contributed by atoms with E-state index in [9.17, 15) is 0 Å². The van der Waals surface area contributed by atoms with Gasteiger partial charge in [0.15, 0.2) is 0 Å². The van der Waals surface area contributed by atoms with Crippen molar-refractivity contribution < 1.29 is 4.42 Å². The lowest BCUT2D eigenvalue weighted by Crippen LogP contribution is -2.05. The predicted molar refractivity (Wildman–Crippen MR) is 63.8 cm³/mol. The van der Waals surface area contributed by atoms with E-state index in [1.807, 2.05) is 19.1 Å². The Morgan fingerprint density at radius 2 is 2.06 bits per heavy atom. The molecule has 0 radical (unpaired) electrons. The van der Waals surface area contributed by atoms with Crippen molar-refractivity contribution in [2.45, 2.75) is 13.0 Å². The molecule has 4 nitrogen and oxygen atoms in total. The maximum absolute atomic E-state index is 5.78. The molecule has 84 valence electrons. The summed E-state index contributed by atoms with van der Waals surface area (Å²) in [5.74, 6) is 0. The van der Waals surface area contributed by atoms with Gasteiger partial charge in [0.1, 0.15) is 6.26 Å². The topological polar surface area (TPSA) is 64.1 Å². The molecule has 3 N–H and O–H groups in total. The Hall–Kier alpha value is -1.52. The highest BCUT2D eigenvalue weighted by atomic mass is 35.5. The summed E-state index contributed by atoms with van der Waals surface area (Å²) in [5.41, 5.74) is 7.25. The van der Waals surface area contributed by atoms with Crippen molar-refractivity contribution in [1.82, 2.24) is 4.98 Å². The number of rotatable bonds is 3. The van der Waals surface area contributed by atoms with Gasteiger partial charge < -0.3 is 15.5 Å². The Morgan fingerprint density at radius 1 is 1.38 bits per heavy atom. The molecule has 0 aliphatic heterocycles. The molecule has 1 atom stereocenters. The number of benzene rings is 1. The van der Waals surface area contributed by atoms with Crippen molar-refractivity contribution in [2.24, 2.45) is 5.73 Å². The SMILES string of the molecule is CC(N)c1coc(Nc2ccc(Cl)cc2)n1. The van der Waals surface area contributed by atoms with Gasteiger partial charge in [-0.3, -0.25) is 0 Å². The maximum Gasteiger partial charge on any atom is 0.299 e. The third-order valence-electron chi connectivity index (χ3n) is 2.08. The van der Waals surface area contributed by atoms with Crippen molar-refractivity contribution in [3.63, 3.8) is 0 Å². The van der Waals surface area contributed by atoms with Gasteiger partial charge in [-0.1, -0.05) is 11.6 Å². The number of nitrogens with two attached hydrogens (primary N) is 1. The molecule has 5 heteroatoms. The normalized spacial score (nSPS) is 12.4. The highest BCUT2D eigenvalue weighted by molar-refractivity contribution is 6.30. The summed E-state index contributed by atoms with van der Waals surface area (Å²) in [6.45, 7) is 1.85. The van der Waals surface area contributed by atoms with Crippen LogP contribution >= 0.6 is 11.6 Å². The van der Waals surface area contributed by atoms with E-state index in [0.717, 1.165) is 11.4 Å². The first kappa shape index (κ1) is 11.0. The van der Waals surface area contributed by atoms with E-state index in [2.05, 4.69) is 10.3 Å². The molecule has 2 rings (SSSR count). The van der Waals surface area contributed by atoms with Gasteiger partial charge in [0, 0.05) is 16.8 Å². The second-order valence-corrected chi connectivity index (χ2v) is 3.93. The Morgan fingerprint density at radius 3 is 2.62 bits per heavy atom. The summed E-state index contributed by atoms with van der Waals surface area (Å²) in [7, 11) is 0. The standard InChI is InChI=1S/C11H12ClN3O/c1-7(13)10-6-16-11(15-10)14-9-4-2-8(12)3-5-9/h2-7H,13H2,1H3,(H,14,15). The largest absolute Gasteiger partial charge is 0.432 e. The summed E-state index contributed by atoms with van der Waals surface area (Å²) in [6.07, 6.45) is 1.54. The predicted octanol–water partition coefficient (Wildman–Crippen LogP) is 3.09. The van der Waals surface area contributed by atoms with Crippen molar-refractivity contribution in [3.8, 4) is 0 Å². The van der Waals surface area contributed by atoms with Gasteiger partial charge in [0.05, 0.1) is 5.69 Å². The number of aromatic nitrogens is 1. The zero-order chi connectivity index (χ0) is 11.5. The summed E-state index contributed by atoms with van der Waals surface area (Å²) in [6, 6.07) is 7.56. The highest BCUT2D eigenvalue weighted by Crippen LogP contribution is 2.19. The van der Waals surface area contributed by atoms with E-state index in [0.29, 0.717) is 11.0 Å². The first-order valence-electron chi connectivity index (χ1n) is 4.89.